The monoisotopic (exact) mass is 1280 g/mol. The predicted molar refractivity (Wildman–Crippen MR) is 350 cm³/mol. The van der Waals surface area contributed by atoms with Crippen molar-refractivity contribution in [3.63, 3.8) is 0 Å². The molecule has 2 aliphatic rings. The van der Waals surface area contributed by atoms with Crippen LogP contribution in [0.4, 0.5) is 22.7 Å². The predicted octanol–water partition coefficient (Wildman–Crippen LogP) is 21.0. The maximum atomic E-state index is 6.90. The summed E-state index contributed by atoms with van der Waals surface area (Å²) in [5.74, 6) is 2.00. The second-order valence-corrected chi connectivity index (χ2v) is 28.9. The number of rotatable bonds is 8. The Morgan fingerprint density at radius 3 is 1.75 bits per heavy atom. The van der Waals surface area contributed by atoms with Gasteiger partial charge in [-0.1, -0.05) is 230 Å². The Balaban J connectivity index is 0.00000736. The summed E-state index contributed by atoms with van der Waals surface area (Å²) < 4.78 is 13.6. The molecule has 2 aromatic heterocycles. The second-order valence-electron chi connectivity index (χ2n) is 28.9. The Morgan fingerprint density at radius 2 is 1.10 bits per heavy atom. The number of aromatic nitrogens is 2. The minimum atomic E-state index is -0.182. The van der Waals surface area contributed by atoms with E-state index in [9.17, 15) is 0 Å². The Labute approximate surface area is 514 Å². The minimum absolute atomic E-state index is 0. The van der Waals surface area contributed by atoms with Crippen molar-refractivity contribution in [3.8, 4) is 50.7 Å². The molecule has 0 radical (unpaired) electrons. The number of ether oxygens (including phenoxy) is 1. The summed E-state index contributed by atoms with van der Waals surface area (Å²) in [5.41, 5.74) is 20.7. The van der Waals surface area contributed by atoms with Crippen molar-refractivity contribution in [3.05, 3.63) is 216 Å². The van der Waals surface area contributed by atoms with E-state index in [1.165, 1.54) is 56.5 Å². The molecule has 6 heteroatoms. The first-order chi connectivity index (χ1) is 39.1. The molecule has 0 unspecified atom stereocenters. The van der Waals surface area contributed by atoms with Crippen LogP contribution in [0.2, 0.25) is 0 Å². The summed E-state index contributed by atoms with van der Waals surface area (Å²) in [7, 11) is 0. The summed E-state index contributed by atoms with van der Waals surface area (Å²) >= 11 is 0. The Morgan fingerprint density at radius 1 is 0.488 bits per heavy atom. The van der Waals surface area contributed by atoms with Crippen molar-refractivity contribution in [2.45, 2.75) is 156 Å². The van der Waals surface area contributed by atoms with Gasteiger partial charge in [-0.25, -0.2) is 4.98 Å². The topological polar surface area (TPSA) is 33.1 Å². The number of para-hydroxylation sites is 3. The van der Waals surface area contributed by atoms with Gasteiger partial charge in [-0.15, -0.1) is 23.6 Å². The van der Waals surface area contributed by atoms with Gasteiger partial charge in [0.05, 0.1) is 11.1 Å². The first kappa shape index (κ1) is 58.4. The Kier molecular flexibility index (Phi) is 14.6. The molecule has 0 fully saturated rings. The molecule has 12 rings (SSSR count). The van der Waals surface area contributed by atoms with E-state index in [1.807, 2.05) is 18.2 Å². The van der Waals surface area contributed by atoms with Crippen LogP contribution in [0.15, 0.2) is 170 Å². The van der Waals surface area contributed by atoms with Crippen molar-refractivity contribution < 1.29 is 25.8 Å². The van der Waals surface area contributed by atoms with Gasteiger partial charge in [0.15, 0.2) is 0 Å². The van der Waals surface area contributed by atoms with Gasteiger partial charge in [-0.3, -0.25) is 0 Å². The Bertz CT molecular complexity index is 4280. The molecule has 10 aromatic rings. The molecule has 1 aliphatic carbocycles. The van der Waals surface area contributed by atoms with Gasteiger partial charge in [0, 0.05) is 40.9 Å². The van der Waals surface area contributed by atoms with Crippen LogP contribution in [-0.2, 0) is 53.6 Å². The van der Waals surface area contributed by atoms with E-state index in [4.69, 9.17) is 9.72 Å². The van der Waals surface area contributed by atoms with Crippen molar-refractivity contribution in [1.82, 2.24) is 18.7 Å². The molecule has 84 heavy (non-hydrogen) atoms. The van der Waals surface area contributed by atoms with Gasteiger partial charge in [0.25, 0.3) is 11.4 Å². The maximum absolute atomic E-state index is 6.90. The van der Waals surface area contributed by atoms with Crippen molar-refractivity contribution in [1.29, 1.82) is 0 Å². The number of fused-ring (bicyclic) bond motifs is 5. The quantitative estimate of drug-likeness (QED) is 0.112. The van der Waals surface area contributed by atoms with E-state index in [2.05, 4.69) is 294 Å². The summed E-state index contributed by atoms with van der Waals surface area (Å²) in [6.07, 6.45) is 4.46. The summed E-state index contributed by atoms with van der Waals surface area (Å²) in [4.78, 5) is 5.39. The van der Waals surface area contributed by atoms with Crippen molar-refractivity contribution in [2.24, 2.45) is 0 Å². The molecule has 0 saturated heterocycles. The van der Waals surface area contributed by atoms with Crippen LogP contribution in [0, 0.1) is 12.1 Å². The summed E-state index contributed by atoms with van der Waals surface area (Å²) in [5, 5.41) is 2.25. The average molecular weight is 1280 g/mol. The van der Waals surface area contributed by atoms with Crippen LogP contribution < -0.4 is 13.9 Å². The molecule has 1 aliphatic heterocycles. The number of pyridine rings is 1. The SMILES string of the molecule is CC(C)(C)c1cc(-c2cccc(-c3ccccc3)c2[N+]2=C=[N+](c3[c-]c(Oc4[c-]c5c(cc4)c4cc(C(C)(C)C)ccc4n5-c4cc(C(C)(C)C)c(-c5ccc6c(c5)C(C)(C)CCC6(C)C)cn4)ccc3)c3ccccc32)cc(C(C)(C)C)c1.[Pt+2]. The van der Waals surface area contributed by atoms with Gasteiger partial charge in [-0.05, 0) is 130 Å². The molecular formula is C78H80N4OPt+2. The molecular weight excluding hydrogens is 1200 g/mol. The minimum Gasteiger partial charge on any atom is -0.509 e. The zero-order chi connectivity index (χ0) is 58.8. The Hall–Kier alpha value is -7.42. The first-order valence-corrected chi connectivity index (χ1v) is 29.8. The van der Waals surface area contributed by atoms with Crippen molar-refractivity contribution in [2.75, 3.05) is 0 Å². The molecule has 426 valence electrons. The van der Waals surface area contributed by atoms with Crippen LogP contribution in [0.3, 0.4) is 0 Å². The third kappa shape index (κ3) is 10.7. The number of hydrogen-bond acceptors (Lipinski definition) is 2. The normalized spacial score (nSPS) is 14.9. The zero-order valence-electron chi connectivity index (χ0n) is 52.1. The van der Waals surface area contributed by atoms with Crippen LogP contribution in [-0.4, -0.2) is 15.6 Å². The number of benzene rings is 8. The average Bonchev–Trinajstić information content (AvgIpc) is 1.89. The molecule has 0 N–H and O–H groups in total. The molecule has 0 bridgehead atoms. The number of nitrogens with zero attached hydrogens (tertiary/aromatic N) is 4. The molecule has 0 saturated carbocycles. The molecule has 0 amide bonds. The number of hydrogen-bond donors (Lipinski definition) is 0. The molecule has 5 nitrogen and oxygen atoms in total. The zero-order valence-corrected chi connectivity index (χ0v) is 54.4. The van der Waals surface area contributed by atoms with E-state index in [0.29, 0.717) is 11.5 Å². The largest absolute Gasteiger partial charge is 2.00 e. The molecule has 0 spiro atoms. The summed E-state index contributed by atoms with van der Waals surface area (Å²) in [6.45, 7) is 37.2. The van der Waals surface area contributed by atoms with Crippen LogP contribution >= 0.6 is 0 Å². The third-order valence-corrected chi connectivity index (χ3v) is 17.7. The van der Waals surface area contributed by atoms with Crippen LogP contribution in [0.25, 0.3) is 61.0 Å². The van der Waals surface area contributed by atoms with E-state index < -0.39 is 0 Å². The second kappa shape index (κ2) is 21.0. The van der Waals surface area contributed by atoms with Gasteiger partial charge < -0.3 is 9.30 Å². The van der Waals surface area contributed by atoms with Gasteiger partial charge >= 0.3 is 27.1 Å². The van der Waals surface area contributed by atoms with Gasteiger partial charge in [0.2, 0.25) is 5.69 Å². The van der Waals surface area contributed by atoms with Gasteiger partial charge in [0.1, 0.15) is 11.5 Å². The van der Waals surface area contributed by atoms with E-state index in [1.54, 1.807) is 0 Å². The van der Waals surface area contributed by atoms with E-state index >= 15 is 0 Å². The van der Waals surface area contributed by atoms with Crippen molar-refractivity contribution >= 4 is 50.6 Å². The summed E-state index contributed by atoms with van der Waals surface area (Å²) in [6, 6.07) is 71.2. The molecule has 3 heterocycles. The fourth-order valence-corrected chi connectivity index (χ4v) is 12.5. The van der Waals surface area contributed by atoms with E-state index in [0.717, 1.165) is 73.5 Å². The fourth-order valence-electron chi connectivity index (χ4n) is 12.5. The van der Waals surface area contributed by atoms with Crippen LogP contribution in [0.5, 0.6) is 11.5 Å². The van der Waals surface area contributed by atoms with E-state index in [-0.39, 0.29) is 53.6 Å². The van der Waals surface area contributed by atoms with Gasteiger partial charge in [-0.2, -0.15) is 12.1 Å². The molecule has 8 aromatic carbocycles. The first-order valence-electron chi connectivity index (χ1n) is 29.8. The van der Waals surface area contributed by atoms with Crippen LogP contribution in [0.1, 0.15) is 157 Å². The molecule has 0 atom stereocenters. The fraction of sp³-hybridized carbons (Fsp3) is 0.308. The smallest absolute Gasteiger partial charge is 0.509 e. The maximum Gasteiger partial charge on any atom is 2.00 e. The standard InChI is InChI=1S/C78H80N4O.Pt/c1-73(2,3)53-33-37-67-62(44-53)61-35-34-58(46-70(61)82(67)71-47-65(76(10,11)12)63(48-79-71)51-32-36-64-66(42-51)78(15,16)39-38-77(64,13)14)83-57-27-22-26-56(45-57)80-49-81(69-31-21-20-30-68(69)80)72-59(50-24-18-17-19-25-50)28-23-29-60(72)52-40-54(74(4,5)6)43-55(41-52)75(7,8)9;/h17-37,40-44,47-48H,38-39H2,1-16H3;/q;+2. The third-order valence-electron chi connectivity index (χ3n) is 17.7.